The second-order valence-corrected chi connectivity index (χ2v) is 8.22. The molecule has 1 aliphatic heterocycles. The Morgan fingerprint density at radius 3 is 2.85 bits per heavy atom. The minimum atomic E-state index is -3.71. The molecule has 0 saturated carbocycles. The fraction of sp³-hybridized carbons (Fsp3) is 0.412. The van der Waals surface area contributed by atoms with E-state index in [-0.39, 0.29) is 29.5 Å². The van der Waals surface area contributed by atoms with Gasteiger partial charge in [-0.25, -0.2) is 8.42 Å². The number of benzene rings is 1. The third kappa shape index (κ3) is 3.95. The highest BCUT2D eigenvalue weighted by atomic mass is 32.2. The Labute approximate surface area is 152 Å². The van der Waals surface area contributed by atoms with Gasteiger partial charge in [-0.15, -0.1) is 0 Å². The predicted octanol–water partition coefficient (Wildman–Crippen LogP) is 0.148. The molecule has 2 heterocycles. The molecular weight excluding hydrogens is 356 g/mol. The molecule has 1 fully saturated rings. The van der Waals surface area contributed by atoms with Gasteiger partial charge in [-0.3, -0.25) is 9.48 Å². The summed E-state index contributed by atoms with van der Waals surface area (Å²) in [6, 6.07) is 7.85. The monoisotopic (exact) mass is 378 g/mol. The number of rotatable bonds is 6. The number of hydrogen-bond acceptors (Lipinski definition) is 5. The summed E-state index contributed by atoms with van der Waals surface area (Å²) < 4.78 is 28.3. The van der Waals surface area contributed by atoms with Crippen LogP contribution in [0.25, 0.3) is 0 Å². The Balaban J connectivity index is 1.66. The number of aliphatic hydroxyl groups is 1. The Kier molecular flexibility index (Phi) is 5.40. The molecule has 0 radical (unpaired) electrons. The van der Waals surface area contributed by atoms with Gasteiger partial charge < -0.3 is 10.4 Å². The van der Waals surface area contributed by atoms with Gasteiger partial charge in [0.25, 0.3) is 5.91 Å². The molecular formula is C17H22N4O4S. The van der Waals surface area contributed by atoms with Gasteiger partial charge >= 0.3 is 0 Å². The van der Waals surface area contributed by atoms with Crippen LogP contribution in [-0.4, -0.2) is 59.3 Å². The van der Waals surface area contributed by atoms with Gasteiger partial charge in [0.05, 0.1) is 11.0 Å². The van der Waals surface area contributed by atoms with Crippen LogP contribution in [0, 0.1) is 0 Å². The zero-order chi connectivity index (χ0) is 18.7. The highest BCUT2D eigenvalue weighted by Gasteiger charge is 2.31. The second kappa shape index (κ2) is 7.56. The van der Waals surface area contributed by atoms with Gasteiger partial charge in [-0.05, 0) is 30.7 Å². The van der Waals surface area contributed by atoms with Crippen molar-refractivity contribution in [2.45, 2.75) is 23.8 Å². The lowest BCUT2D eigenvalue weighted by Gasteiger charge is -2.16. The van der Waals surface area contributed by atoms with Crippen molar-refractivity contribution in [3.63, 3.8) is 0 Å². The fourth-order valence-corrected chi connectivity index (χ4v) is 4.47. The van der Waals surface area contributed by atoms with Crippen molar-refractivity contribution in [2.75, 3.05) is 19.6 Å². The van der Waals surface area contributed by atoms with Crippen molar-refractivity contribution in [3.8, 4) is 0 Å². The van der Waals surface area contributed by atoms with E-state index in [9.17, 15) is 18.3 Å². The molecule has 0 bridgehead atoms. The summed E-state index contributed by atoms with van der Waals surface area (Å²) in [4.78, 5) is 12.4. The van der Waals surface area contributed by atoms with Crippen LogP contribution in [0.4, 0.5) is 0 Å². The van der Waals surface area contributed by atoms with Crippen LogP contribution in [0.3, 0.4) is 0 Å². The lowest BCUT2D eigenvalue weighted by Crippen LogP contribution is -2.30. The summed E-state index contributed by atoms with van der Waals surface area (Å²) in [5.41, 5.74) is 1.28. The summed E-state index contributed by atoms with van der Waals surface area (Å²) in [5.74, 6) is -0.328. The van der Waals surface area contributed by atoms with E-state index in [0.29, 0.717) is 19.4 Å². The van der Waals surface area contributed by atoms with Crippen molar-refractivity contribution < 1.29 is 18.3 Å². The summed E-state index contributed by atoms with van der Waals surface area (Å²) in [7, 11) is -1.87. The molecule has 2 aromatic rings. The molecule has 0 unspecified atom stereocenters. The number of hydrogen-bond donors (Lipinski definition) is 2. The van der Waals surface area contributed by atoms with E-state index in [4.69, 9.17) is 0 Å². The fourth-order valence-electron chi connectivity index (χ4n) is 2.93. The zero-order valence-electron chi connectivity index (χ0n) is 14.5. The number of nitrogens with zero attached hydrogens (tertiary/aromatic N) is 3. The lowest BCUT2D eigenvalue weighted by atomic mass is 10.2. The maximum Gasteiger partial charge on any atom is 0.251 e. The summed E-state index contributed by atoms with van der Waals surface area (Å²) >= 11 is 0. The van der Waals surface area contributed by atoms with Gasteiger partial charge in [-0.1, -0.05) is 6.07 Å². The Hall–Kier alpha value is -2.23. The average molecular weight is 378 g/mol. The molecule has 1 aromatic carbocycles. The molecule has 9 heteroatoms. The van der Waals surface area contributed by atoms with Crippen LogP contribution in [0.15, 0.2) is 41.4 Å². The standard InChI is InChI=1S/C17H22N4O4S/c1-20-14(6-9-19-20)5-8-18-17(23)13-3-2-4-16(11-13)26(24,25)21-10-7-15(22)12-21/h2-4,6,9,11,15,22H,5,7-8,10,12H2,1H3,(H,18,23)/t15-/m1/s1. The smallest absolute Gasteiger partial charge is 0.251 e. The second-order valence-electron chi connectivity index (χ2n) is 6.29. The number of aromatic nitrogens is 2. The molecule has 8 nitrogen and oxygen atoms in total. The Morgan fingerprint density at radius 1 is 1.38 bits per heavy atom. The van der Waals surface area contributed by atoms with Crippen LogP contribution in [0.5, 0.6) is 0 Å². The van der Waals surface area contributed by atoms with Gasteiger partial charge in [0.2, 0.25) is 10.0 Å². The highest BCUT2D eigenvalue weighted by Crippen LogP contribution is 2.21. The van der Waals surface area contributed by atoms with Gasteiger partial charge in [0.1, 0.15) is 0 Å². The molecule has 1 saturated heterocycles. The van der Waals surface area contributed by atoms with Crippen molar-refractivity contribution in [1.29, 1.82) is 0 Å². The number of aryl methyl sites for hydroxylation is 1. The van der Waals surface area contributed by atoms with Crippen molar-refractivity contribution in [2.24, 2.45) is 7.05 Å². The van der Waals surface area contributed by atoms with E-state index < -0.39 is 16.1 Å². The number of amides is 1. The molecule has 1 amide bonds. The minimum absolute atomic E-state index is 0.0610. The third-order valence-corrected chi connectivity index (χ3v) is 6.31. The Morgan fingerprint density at radius 2 is 2.19 bits per heavy atom. The van der Waals surface area contributed by atoms with Crippen molar-refractivity contribution >= 4 is 15.9 Å². The van der Waals surface area contributed by atoms with Crippen LogP contribution < -0.4 is 5.32 Å². The van der Waals surface area contributed by atoms with E-state index in [0.717, 1.165) is 5.69 Å². The maximum atomic E-state index is 12.6. The summed E-state index contributed by atoms with van der Waals surface area (Å²) in [5, 5.41) is 16.4. The van der Waals surface area contributed by atoms with E-state index in [1.165, 1.54) is 16.4 Å². The quantitative estimate of drug-likeness (QED) is 0.744. The van der Waals surface area contributed by atoms with Crippen LogP contribution >= 0.6 is 0 Å². The maximum absolute atomic E-state index is 12.6. The molecule has 26 heavy (non-hydrogen) atoms. The first kappa shape index (κ1) is 18.6. The highest BCUT2D eigenvalue weighted by molar-refractivity contribution is 7.89. The van der Waals surface area contributed by atoms with E-state index in [2.05, 4.69) is 10.4 Å². The summed E-state index contributed by atoms with van der Waals surface area (Å²) in [6.07, 6.45) is 2.11. The molecule has 1 atom stereocenters. The Bertz CT molecular complexity index is 894. The SMILES string of the molecule is Cn1nccc1CCNC(=O)c1cccc(S(=O)(=O)N2CC[C@@H](O)C2)c1. The normalized spacial score (nSPS) is 18.2. The largest absolute Gasteiger partial charge is 0.392 e. The number of carbonyl (C=O) groups excluding carboxylic acids is 1. The summed E-state index contributed by atoms with van der Waals surface area (Å²) in [6.45, 7) is 0.793. The van der Waals surface area contributed by atoms with E-state index in [1.54, 1.807) is 23.0 Å². The third-order valence-electron chi connectivity index (χ3n) is 4.45. The molecule has 0 spiro atoms. The first-order chi connectivity index (χ1) is 12.4. The van der Waals surface area contributed by atoms with Crippen LogP contribution in [0.2, 0.25) is 0 Å². The molecule has 1 aromatic heterocycles. The number of aliphatic hydroxyl groups excluding tert-OH is 1. The minimum Gasteiger partial charge on any atom is -0.392 e. The van der Waals surface area contributed by atoms with E-state index in [1.807, 2.05) is 13.1 Å². The zero-order valence-corrected chi connectivity index (χ0v) is 15.3. The molecule has 2 N–H and O–H groups in total. The number of sulfonamides is 1. The van der Waals surface area contributed by atoms with E-state index >= 15 is 0 Å². The predicted molar refractivity (Wildman–Crippen MR) is 95.1 cm³/mol. The van der Waals surface area contributed by atoms with Gasteiger partial charge in [0.15, 0.2) is 0 Å². The first-order valence-corrected chi connectivity index (χ1v) is 9.85. The number of nitrogens with one attached hydrogen (secondary N) is 1. The topological polar surface area (TPSA) is 105 Å². The van der Waals surface area contributed by atoms with Crippen LogP contribution in [0.1, 0.15) is 22.5 Å². The van der Waals surface area contributed by atoms with Crippen LogP contribution in [-0.2, 0) is 23.5 Å². The molecule has 0 aliphatic carbocycles. The number of β-amino-alcohol motifs (C(OH)–C–C–N with tert-alkyl or cyclic N) is 1. The van der Waals surface area contributed by atoms with Gasteiger partial charge in [0, 0.05) is 50.6 Å². The number of carbonyl (C=O) groups is 1. The average Bonchev–Trinajstić information content (AvgIpc) is 3.24. The first-order valence-electron chi connectivity index (χ1n) is 8.41. The van der Waals surface area contributed by atoms with Crippen molar-refractivity contribution in [3.05, 3.63) is 47.8 Å². The molecule has 140 valence electrons. The molecule has 3 rings (SSSR count). The molecule has 1 aliphatic rings. The van der Waals surface area contributed by atoms with Crippen molar-refractivity contribution in [1.82, 2.24) is 19.4 Å². The van der Waals surface area contributed by atoms with Gasteiger partial charge in [-0.2, -0.15) is 9.40 Å². The lowest BCUT2D eigenvalue weighted by molar-refractivity contribution is 0.0953.